The predicted molar refractivity (Wildman–Crippen MR) is 78.7 cm³/mol. The Morgan fingerprint density at radius 3 is 2.82 bits per heavy atom. The molecule has 0 fully saturated rings. The molecule has 6 nitrogen and oxygen atoms in total. The molecule has 0 N–H and O–H groups in total. The van der Waals surface area contributed by atoms with Crippen LogP contribution >= 0.6 is 0 Å². The molecule has 0 spiro atoms. The van der Waals surface area contributed by atoms with Gasteiger partial charge in [-0.3, -0.25) is 9.59 Å². The van der Waals surface area contributed by atoms with Gasteiger partial charge >= 0.3 is 5.97 Å². The maximum absolute atomic E-state index is 12.6. The SMILES string of the molecule is COC(=O)[C@@H]1CCN(C(=O)c2cc(C)on2)c2ccccc21. The number of aromatic nitrogens is 1. The van der Waals surface area contributed by atoms with Gasteiger partial charge in [-0.1, -0.05) is 23.4 Å². The van der Waals surface area contributed by atoms with Gasteiger partial charge in [0.15, 0.2) is 5.69 Å². The van der Waals surface area contributed by atoms with Gasteiger partial charge in [0, 0.05) is 18.3 Å². The van der Waals surface area contributed by atoms with Crippen LogP contribution in [0, 0.1) is 6.92 Å². The van der Waals surface area contributed by atoms with Crippen molar-refractivity contribution in [3.63, 3.8) is 0 Å². The first-order valence-electron chi connectivity index (χ1n) is 7.03. The molecule has 0 radical (unpaired) electrons. The number of rotatable bonds is 2. The maximum Gasteiger partial charge on any atom is 0.313 e. The second kappa shape index (κ2) is 5.63. The average Bonchev–Trinajstić information content (AvgIpc) is 2.99. The Labute approximate surface area is 127 Å². The molecule has 0 saturated carbocycles. The molecule has 0 bridgehead atoms. The lowest BCUT2D eigenvalue weighted by molar-refractivity contribution is -0.142. The van der Waals surface area contributed by atoms with Crippen LogP contribution in [0.3, 0.4) is 0 Å². The first-order chi connectivity index (χ1) is 10.6. The molecule has 1 aromatic heterocycles. The third kappa shape index (κ3) is 2.36. The van der Waals surface area contributed by atoms with E-state index >= 15 is 0 Å². The number of nitrogens with zero attached hydrogens (tertiary/aromatic N) is 2. The molecule has 0 unspecified atom stereocenters. The van der Waals surface area contributed by atoms with Crippen LogP contribution in [0.15, 0.2) is 34.9 Å². The fourth-order valence-corrected chi connectivity index (χ4v) is 2.77. The molecule has 1 atom stereocenters. The summed E-state index contributed by atoms with van der Waals surface area (Å²) in [5.41, 5.74) is 1.78. The zero-order valence-electron chi connectivity index (χ0n) is 12.4. The van der Waals surface area contributed by atoms with E-state index in [0.717, 1.165) is 11.3 Å². The third-order valence-corrected chi connectivity index (χ3v) is 3.82. The van der Waals surface area contributed by atoms with Gasteiger partial charge in [0.05, 0.1) is 13.0 Å². The molecule has 2 heterocycles. The zero-order valence-corrected chi connectivity index (χ0v) is 12.4. The number of hydrogen-bond acceptors (Lipinski definition) is 5. The average molecular weight is 300 g/mol. The van der Waals surface area contributed by atoms with Gasteiger partial charge < -0.3 is 14.2 Å². The molecule has 1 aromatic carbocycles. The minimum Gasteiger partial charge on any atom is -0.469 e. The van der Waals surface area contributed by atoms with Gasteiger partial charge in [0.25, 0.3) is 5.91 Å². The van der Waals surface area contributed by atoms with Crippen LogP contribution in [-0.4, -0.2) is 30.7 Å². The number of methoxy groups -OCH3 is 1. The summed E-state index contributed by atoms with van der Waals surface area (Å²) in [5, 5.41) is 3.78. The molecule has 114 valence electrons. The largest absolute Gasteiger partial charge is 0.469 e. The number of amides is 1. The highest BCUT2D eigenvalue weighted by Crippen LogP contribution is 2.36. The molecule has 2 aromatic rings. The van der Waals surface area contributed by atoms with E-state index in [0.29, 0.717) is 18.7 Å². The van der Waals surface area contributed by atoms with E-state index in [1.54, 1.807) is 17.9 Å². The summed E-state index contributed by atoms with van der Waals surface area (Å²) in [4.78, 5) is 26.2. The molecular formula is C16H16N2O4. The van der Waals surface area contributed by atoms with Crippen LogP contribution < -0.4 is 4.90 Å². The number of aryl methyl sites for hydroxylation is 1. The minimum absolute atomic E-state index is 0.229. The quantitative estimate of drug-likeness (QED) is 0.796. The fourth-order valence-electron chi connectivity index (χ4n) is 2.77. The standard InChI is InChI=1S/C16H16N2O4/c1-10-9-13(17-22-10)15(19)18-8-7-12(16(20)21-2)11-5-3-4-6-14(11)18/h3-6,9,12H,7-8H2,1-2H3/t12-/m1/s1. The molecule has 3 rings (SSSR count). The molecule has 1 aliphatic rings. The smallest absolute Gasteiger partial charge is 0.313 e. The second-order valence-corrected chi connectivity index (χ2v) is 5.20. The van der Waals surface area contributed by atoms with Crippen molar-refractivity contribution in [3.05, 3.63) is 47.3 Å². The lowest BCUT2D eigenvalue weighted by Gasteiger charge is -2.32. The number of fused-ring (bicyclic) bond motifs is 1. The Hall–Kier alpha value is -2.63. The number of esters is 1. The van der Waals surface area contributed by atoms with E-state index in [1.165, 1.54) is 7.11 Å². The number of carbonyl (C=O) groups excluding carboxylic acids is 2. The van der Waals surface area contributed by atoms with E-state index < -0.39 is 0 Å². The Morgan fingerprint density at radius 1 is 1.36 bits per heavy atom. The Balaban J connectivity index is 1.97. The summed E-state index contributed by atoms with van der Waals surface area (Å²) in [6.45, 7) is 2.17. The number of hydrogen-bond donors (Lipinski definition) is 0. The van der Waals surface area contributed by atoms with Crippen molar-refractivity contribution in [2.75, 3.05) is 18.6 Å². The van der Waals surface area contributed by atoms with Crippen molar-refractivity contribution in [3.8, 4) is 0 Å². The summed E-state index contributed by atoms with van der Waals surface area (Å²) >= 11 is 0. The maximum atomic E-state index is 12.6. The minimum atomic E-state index is -0.343. The van der Waals surface area contributed by atoms with Gasteiger partial charge in [-0.05, 0) is 25.0 Å². The molecule has 1 amide bonds. The van der Waals surface area contributed by atoms with Crippen molar-refractivity contribution in [1.82, 2.24) is 5.16 Å². The Bertz CT molecular complexity index is 722. The summed E-state index contributed by atoms with van der Waals surface area (Å²) in [6.07, 6.45) is 0.520. The number of anilines is 1. The normalized spacial score (nSPS) is 17.0. The summed E-state index contributed by atoms with van der Waals surface area (Å²) < 4.78 is 9.83. The highest BCUT2D eigenvalue weighted by atomic mass is 16.5. The van der Waals surface area contributed by atoms with Crippen LogP contribution in [0.5, 0.6) is 0 Å². The Morgan fingerprint density at radius 2 is 2.14 bits per heavy atom. The molecule has 1 aliphatic heterocycles. The first kappa shape index (κ1) is 14.3. The van der Waals surface area contributed by atoms with Crippen molar-refractivity contribution >= 4 is 17.6 Å². The summed E-state index contributed by atoms with van der Waals surface area (Å²) in [5.74, 6) is -0.269. The van der Waals surface area contributed by atoms with E-state index in [2.05, 4.69) is 5.16 Å². The molecule has 6 heteroatoms. The van der Waals surface area contributed by atoms with Crippen LogP contribution in [-0.2, 0) is 9.53 Å². The number of carbonyl (C=O) groups is 2. The predicted octanol–water partition coefficient (Wildman–Crippen LogP) is 2.29. The van der Waals surface area contributed by atoms with Gasteiger partial charge in [-0.15, -0.1) is 0 Å². The highest BCUT2D eigenvalue weighted by Gasteiger charge is 2.34. The van der Waals surface area contributed by atoms with E-state index in [1.807, 2.05) is 24.3 Å². The van der Waals surface area contributed by atoms with Crippen LogP contribution in [0.1, 0.15) is 34.2 Å². The highest BCUT2D eigenvalue weighted by molar-refractivity contribution is 6.06. The fraction of sp³-hybridized carbons (Fsp3) is 0.312. The van der Waals surface area contributed by atoms with E-state index in [4.69, 9.17) is 9.26 Å². The van der Waals surface area contributed by atoms with E-state index in [-0.39, 0.29) is 23.5 Å². The summed E-state index contributed by atoms with van der Waals surface area (Å²) in [7, 11) is 1.38. The first-order valence-corrected chi connectivity index (χ1v) is 7.03. The van der Waals surface area contributed by atoms with Gasteiger partial charge in [0.1, 0.15) is 5.76 Å². The van der Waals surface area contributed by atoms with Crippen molar-refractivity contribution in [2.45, 2.75) is 19.3 Å². The van der Waals surface area contributed by atoms with Crippen molar-refractivity contribution in [2.24, 2.45) is 0 Å². The van der Waals surface area contributed by atoms with Crippen molar-refractivity contribution < 1.29 is 18.8 Å². The Kier molecular flexibility index (Phi) is 3.66. The van der Waals surface area contributed by atoms with Crippen molar-refractivity contribution in [1.29, 1.82) is 0 Å². The number of ether oxygens (including phenoxy) is 1. The molecule has 22 heavy (non-hydrogen) atoms. The summed E-state index contributed by atoms with van der Waals surface area (Å²) in [6, 6.07) is 8.98. The lowest BCUT2D eigenvalue weighted by atomic mass is 9.89. The van der Waals surface area contributed by atoms with Gasteiger partial charge in [-0.25, -0.2) is 0 Å². The van der Waals surface area contributed by atoms with Crippen LogP contribution in [0.25, 0.3) is 0 Å². The number of benzene rings is 1. The second-order valence-electron chi connectivity index (χ2n) is 5.20. The van der Waals surface area contributed by atoms with E-state index in [9.17, 15) is 9.59 Å². The molecule has 0 saturated heterocycles. The van der Waals surface area contributed by atoms with Gasteiger partial charge in [0.2, 0.25) is 0 Å². The molecule has 0 aliphatic carbocycles. The van der Waals surface area contributed by atoms with Crippen LogP contribution in [0.4, 0.5) is 5.69 Å². The third-order valence-electron chi connectivity index (χ3n) is 3.82. The zero-order chi connectivity index (χ0) is 15.7. The van der Waals surface area contributed by atoms with Crippen LogP contribution in [0.2, 0.25) is 0 Å². The van der Waals surface area contributed by atoms with Gasteiger partial charge in [-0.2, -0.15) is 0 Å². The topological polar surface area (TPSA) is 72.6 Å². The molecular weight excluding hydrogens is 284 g/mol. The monoisotopic (exact) mass is 300 g/mol. The lowest BCUT2D eigenvalue weighted by Crippen LogP contribution is -2.38. The number of para-hydroxylation sites is 1.